The molecule has 1 saturated heterocycles. The molecule has 2 aromatic carbocycles. The highest BCUT2D eigenvalue weighted by Crippen LogP contribution is 2.29. The number of benzene rings is 2. The third-order valence-corrected chi connectivity index (χ3v) is 6.69. The fraction of sp³-hybridized carbons (Fsp3) is 0.345. The van der Waals surface area contributed by atoms with Gasteiger partial charge in [-0.05, 0) is 41.7 Å². The monoisotopic (exact) mass is 473 g/mol. The van der Waals surface area contributed by atoms with Crippen molar-refractivity contribution in [1.29, 1.82) is 0 Å². The normalized spacial score (nSPS) is 19.4. The van der Waals surface area contributed by atoms with E-state index in [-0.39, 0.29) is 24.8 Å². The van der Waals surface area contributed by atoms with E-state index in [0.29, 0.717) is 11.6 Å². The van der Waals surface area contributed by atoms with Crippen molar-refractivity contribution >= 4 is 11.8 Å². The number of aromatic nitrogens is 1. The van der Waals surface area contributed by atoms with Gasteiger partial charge in [0.2, 0.25) is 11.8 Å². The number of nitrogens with zero attached hydrogens (tertiary/aromatic N) is 2. The molecule has 2 heterocycles. The third-order valence-electron chi connectivity index (χ3n) is 6.69. The van der Waals surface area contributed by atoms with E-state index in [1.165, 1.54) is 10.5 Å². The van der Waals surface area contributed by atoms with Crippen LogP contribution in [-0.2, 0) is 9.59 Å². The van der Waals surface area contributed by atoms with Gasteiger partial charge in [-0.25, -0.2) is 4.39 Å². The zero-order valence-electron chi connectivity index (χ0n) is 20.4. The number of carbonyl (C=O) groups excluding carboxylic acids is 2. The molecule has 4 rings (SSSR count). The van der Waals surface area contributed by atoms with Crippen LogP contribution in [0.5, 0.6) is 0 Å². The topological polar surface area (TPSA) is 62.3 Å². The summed E-state index contributed by atoms with van der Waals surface area (Å²) in [5, 5.41) is 3.11. The van der Waals surface area contributed by atoms with E-state index in [1.807, 2.05) is 48.5 Å². The number of carbonyl (C=O) groups is 2. The van der Waals surface area contributed by atoms with Crippen LogP contribution < -0.4 is 5.32 Å². The Bertz CT molecular complexity index is 1140. The maximum Gasteiger partial charge on any atom is 0.243 e. The summed E-state index contributed by atoms with van der Waals surface area (Å²) in [6.45, 7) is 5.93. The predicted octanol–water partition coefficient (Wildman–Crippen LogP) is 5.15. The first-order valence-corrected chi connectivity index (χ1v) is 12.2. The van der Waals surface area contributed by atoms with Crippen molar-refractivity contribution < 1.29 is 14.0 Å². The maximum absolute atomic E-state index is 14.5. The minimum atomic E-state index is -1.24. The third kappa shape index (κ3) is 5.59. The number of pyridine rings is 1. The summed E-state index contributed by atoms with van der Waals surface area (Å²) in [6, 6.07) is 22.0. The molecule has 5 nitrogen and oxygen atoms in total. The van der Waals surface area contributed by atoms with E-state index in [2.05, 4.69) is 36.3 Å². The highest BCUT2D eigenvalue weighted by atomic mass is 19.1. The van der Waals surface area contributed by atoms with Gasteiger partial charge >= 0.3 is 0 Å². The van der Waals surface area contributed by atoms with Gasteiger partial charge < -0.3 is 10.2 Å². The first-order chi connectivity index (χ1) is 16.8. The van der Waals surface area contributed by atoms with Crippen molar-refractivity contribution in [2.45, 2.75) is 57.3 Å². The molecule has 0 spiro atoms. The van der Waals surface area contributed by atoms with Gasteiger partial charge in [-0.2, -0.15) is 0 Å². The lowest BCUT2D eigenvalue weighted by Crippen LogP contribution is -2.48. The molecular formula is C29H32FN3O2. The summed E-state index contributed by atoms with van der Waals surface area (Å²) >= 11 is 0. The first-order valence-electron chi connectivity index (χ1n) is 12.2. The van der Waals surface area contributed by atoms with E-state index in [4.69, 9.17) is 0 Å². The Morgan fingerprint density at radius 3 is 2.17 bits per heavy atom. The van der Waals surface area contributed by atoms with Gasteiger partial charge in [0.1, 0.15) is 12.2 Å². The molecule has 0 aliphatic carbocycles. The van der Waals surface area contributed by atoms with Gasteiger partial charge in [0.05, 0.1) is 24.2 Å². The number of hydrogen-bond donors (Lipinski definition) is 1. The molecule has 3 aromatic rings. The summed E-state index contributed by atoms with van der Waals surface area (Å²) in [7, 11) is 0. The Balaban J connectivity index is 1.58. The molecule has 35 heavy (non-hydrogen) atoms. The molecule has 182 valence electrons. The number of rotatable bonds is 7. The average molecular weight is 474 g/mol. The van der Waals surface area contributed by atoms with Crippen LogP contribution in [0.1, 0.15) is 67.5 Å². The maximum atomic E-state index is 14.5. The van der Waals surface area contributed by atoms with Crippen LogP contribution in [0.25, 0.3) is 0 Å². The number of nitrogens with one attached hydrogen (secondary N) is 1. The Hall–Kier alpha value is -3.54. The fourth-order valence-corrected chi connectivity index (χ4v) is 4.60. The van der Waals surface area contributed by atoms with Crippen molar-refractivity contribution in [3.8, 4) is 0 Å². The van der Waals surface area contributed by atoms with E-state index < -0.39 is 24.2 Å². The quantitative estimate of drug-likeness (QED) is 0.516. The molecule has 6 heteroatoms. The Morgan fingerprint density at radius 1 is 0.914 bits per heavy atom. The van der Waals surface area contributed by atoms with Crippen LogP contribution >= 0.6 is 0 Å². The minimum absolute atomic E-state index is 0.0136. The number of halogens is 1. The molecule has 0 saturated carbocycles. The zero-order valence-corrected chi connectivity index (χ0v) is 20.4. The average Bonchev–Trinajstić information content (AvgIpc) is 3.29. The Kier molecular flexibility index (Phi) is 7.59. The largest absolute Gasteiger partial charge is 0.343 e. The van der Waals surface area contributed by atoms with E-state index in [0.717, 1.165) is 11.1 Å². The molecule has 1 aliphatic heterocycles. The van der Waals surface area contributed by atoms with Crippen molar-refractivity contribution in [3.63, 3.8) is 0 Å². The molecule has 4 atom stereocenters. The van der Waals surface area contributed by atoms with Crippen LogP contribution in [0.2, 0.25) is 0 Å². The lowest BCUT2D eigenvalue weighted by molar-refractivity contribution is -0.139. The molecular weight excluding hydrogens is 441 g/mol. The van der Waals surface area contributed by atoms with Crippen molar-refractivity contribution in [1.82, 2.24) is 15.2 Å². The molecule has 1 fully saturated rings. The minimum Gasteiger partial charge on any atom is -0.343 e. The molecule has 4 unspecified atom stereocenters. The summed E-state index contributed by atoms with van der Waals surface area (Å²) in [4.78, 5) is 32.4. The van der Waals surface area contributed by atoms with Gasteiger partial charge in [0, 0.05) is 12.6 Å². The van der Waals surface area contributed by atoms with Gasteiger partial charge in [-0.3, -0.25) is 14.6 Å². The molecule has 0 radical (unpaired) electrons. The smallest absolute Gasteiger partial charge is 0.243 e. The number of hydrogen-bond acceptors (Lipinski definition) is 3. The molecule has 1 aromatic heterocycles. The summed E-state index contributed by atoms with van der Waals surface area (Å²) in [5.74, 6) is -0.810. The van der Waals surface area contributed by atoms with Crippen LogP contribution in [0.4, 0.5) is 4.39 Å². The van der Waals surface area contributed by atoms with E-state index in [9.17, 15) is 14.0 Å². The fourth-order valence-electron chi connectivity index (χ4n) is 4.60. The predicted molar refractivity (Wildman–Crippen MR) is 135 cm³/mol. The van der Waals surface area contributed by atoms with E-state index in [1.54, 1.807) is 25.3 Å². The molecule has 2 amide bonds. The molecule has 1 aliphatic rings. The van der Waals surface area contributed by atoms with Crippen LogP contribution in [0.3, 0.4) is 0 Å². The summed E-state index contributed by atoms with van der Waals surface area (Å²) in [6.07, 6.45) is 0.367. The number of likely N-dealkylation sites (tertiary alicyclic amines) is 1. The van der Waals surface area contributed by atoms with Crippen LogP contribution in [-0.4, -0.2) is 40.5 Å². The van der Waals surface area contributed by atoms with Gasteiger partial charge in [-0.1, -0.05) is 74.5 Å². The Morgan fingerprint density at radius 2 is 1.54 bits per heavy atom. The lowest BCUT2D eigenvalue weighted by Gasteiger charge is -2.28. The van der Waals surface area contributed by atoms with Crippen molar-refractivity contribution in [3.05, 3.63) is 101 Å². The number of amides is 2. The van der Waals surface area contributed by atoms with Crippen LogP contribution in [0.15, 0.2) is 79.0 Å². The van der Waals surface area contributed by atoms with Crippen molar-refractivity contribution in [2.24, 2.45) is 0 Å². The number of alkyl halides is 1. The highest BCUT2D eigenvalue weighted by molar-refractivity contribution is 5.91. The molecule has 0 bridgehead atoms. The van der Waals surface area contributed by atoms with E-state index >= 15 is 0 Å². The van der Waals surface area contributed by atoms with Gasteiger partial charge in [0.25, 0.3) is 0 Å². The second kappa shape index (κ2) is 10.8. The standard InChI is InChI=1S/C29H32FN3O2/c1-19(2)21-12-14-23(15-13-21)27(22-9-5-4-6-10-22)32-28(34)26-17-24(30)18-33(26)29(35)20(3)25-11-7-8-16-31-25/h4-16,19-20,24,26-27H,17-18H2,1-3H3,(H,32,34). The zero-order chi connectivity index (χ0) is 24.9. The van der Waals surface area contributed by atoms with Gasteiger partial charge in [-0.15, -0.1) is 0 Å². The van der Waals surface area contributed by atoms with Gasteiger partial charge in [0.15, 0.2) is 0 Å². The lowest BCUT2D eigenvalue weighted by atomic mass is 9.95. The molecule has 1 N–H and O–H groups in total. The summed E-state index contributed by atoms with van der Waals surface area (Å²) < 4.78 is 14.5. The Labute approximate surface area is 206 Å². The van der Waals surface area contributed by atoms with Crippen LogP contribution in [0, 0.1) is 0 Å². The highest BCUT2D eigenvalue weighted by Gasteiger charge is 2.42. The first kappa shape index (κ1) is 24.6. The second-order valence-corrected chi connectivity index (χ2v) is 9.49. The summed E-state index contributed by atoms with van der Waals surface area (Å²) in [5.41, 5.74) is 3.67. The second-order valence-electron chi connectivity index (χ2n) is 9.49. The SMILES string of the molecule is CC(C)c1ccc(C(NC(=O)C2CC(F)CN2C(=O)C(C)c2ccccn2)c2ccccc2)cc1. The van der Waals surface area contributed by atoms with Crippen molar-refractivity contribution in [2.75, 3.05) is 6.54 Å².